The Morgan fingerprint density at radius 2 is 2.24 bits per heavy atom. The van der Waals surface area contributed by atoms with Gasteiger partial charge in [0.25, 0.3) is 0 Å². The van der Waals surface area contributed by atoms with E-state index in [1.807, 2.05) is 0 Å². The first-order valence-electron chi connectivity index (χ1n) is 8.03. The van der Waals surface area contributed by atoms with Crippen LogP contribution in [-0.2, 0) is 16.6 Å². The van der Waals surface area contributed by atoms with Gasteiger partial charge in [0, 0.05) is 24.3 Å². The van der Waals surface area contributed by atoms with Crippen LogP contribution >= 0.6 is 0 Å². The molecule has 0 radical (unpaired) electrons. The summed E-state index contributed by atoms with van der Waals surface area (Å²) in [5.41, 5.74) is 2.91. The zero-order valence-electron chi connectivity index (χ0n) is 12.9. The molecule has 3 nitrogen and oxygen atoms in total. The van der Waals surface area contributed by atoms with Crippen molar-refractivity contribution in [3.8, 4) is 5.75 Å². The summed E-state index contributed by atoms with van der Waals surface area (Å²) in [6.07, 6.45) is 4.80. The van der Waals surface area contributed by atoms with Gasteiger partial charge in [-0.1, -0.05) is 6.07 Å². The van der Waals surface area contributed by atoms with E-state index in [-0.39, 0.29) is 5.41 Å². The molecule has 1 saturated heterocycles. The number of nitrogens with zero attached hydrogens (tertiary/aromatic N) is 1. The molecule has 2 fully saturated rings. The van der Waals surface area contributed by atoms with Crippen LogP contribution in [0.2, 0.25) is 0 Å². The Labute approximate surface area is 126 Å². The minimum absolute atomic E-state index is 0.0780. The first kappa shape index (κ1) is 13.3. The van der Waals surface area contributed by atoms with Gasteiger partial charge in [0.05, 0.1) is 7.11 Å². The number of carbonyl (C=O) groups is 1. The lowest BCUT2D eigenvalue weighted by Gasteiger charge is -2.58. The van der Waals surface area contributed by atoms with Crippen LogP contribution in [0.15, 0.2) is 18.2 Å². The number of benzene rings is 1. The van der Waals surface area contributed by atoms with E-state index in [2.05, 4.69) is 30.1 Å². The highest BCUT2D eigenvalue weighted by Gasteiger charge is 2.54. The highest BCUT2D eigenvalue weighted by atomic mass is 16.5. The van der Waals surface area contributed by atoms with Crippen LogP contribution in [0.5, 0.6) is 5.75 Å². The van der Waals surface area contributed by atoms with E-state index in [9.17, 15) is 4.79 Å². The average Bonchev–Trinajstić information content (AvgIpc) is 2.50. The molecule has 1 saturated carbocycles. The Hall–Kier alpha value is -1.35. The minimum Gasteiger partial charge on any atom is -0.497 e. The molecule has 112 valence electrons. The van der Waals surface area contributed by atoms with Crippen molar-refractivity contribution in [2.24, 2.45) is 5.92 Å². The minimum atomic E-state index is 0.0780. The van der Waals surface area contributed by atoms with Gasteiger partial charge in [0.1, 0.15) is 11.5 Å². The van der Waals surface area contributed by atoms with Crippen molar-refractivity contribution in [2.75, 3.05) is 20.7 Å². The summed E-state index contributed by atoms with van der Waals surface area (Å²) < 4.78 is 5.45. The van der Waals surface area contributed by atoms with Gasteiger partial charge in [-0.2, -0.15) is 0 Å². The van der Waals surface area contributed by atoms with Gasteiger partial charge in [-0.05, 0) is 62.0 Å². The average molecular weight is 285 g/mol. The molecule has 3 aliphatic rings. The molecule has 2 aliphatic carbocycles. The van der Waals surface area contributed by atoms with Crippen molar-refractivity contribution in [3.63, 3.8) is 0 Å². The van der Waals surface area contributed by atoms with Crippen molar-refractivity contribution < 1.29 is 9.53 Å². The third-order valence-corrected chi connectivity index (χ3v) is 6.18. The van der Waals surface area contributed by atoms with E-state index >= 15 is 0 Å². The number of fused-ring (bicyclic) bond motifs is 1. The number of likely N-dealkylation sites (N-methyl/N-ethyl adjacent to an activating group) is 1. The van der Waals surface area contributed by atoms with Gasteiger partial charge in [0.15, 0.2) is 0 Å². The second kappa shape index (κ2) is 4.57. The van der Waals surface area contributed by atoms with Crippen LogP contribution in [-0.4, -0.2) is 37.4 Å². The molecular formula is C18H23NO2. The quantitative estimate of drug-likeness (QED) is 0.794. The number of carbonyl (C=O) groups excluding carboxylic acids is 1. The molecule has 0 spiro atoms. The van der Waals surface area contributed by atoms with E-state index in [0.29, 0.717) is 17.7 Å². The Bertz CT molecular complexity index is 597. The molecule has 2 bridgehead atoms. The molecular weight excluding hydrogens is 262 g/mol. The Balaban J connectivity index is 1.90. The normalized spacial score (nSPS) is 35.0. The van der Waals surface area contributed by atoms with E-state index in [1.54, 1.807) is 7.11 Å². The number of likely N-dealkylation sites (tertiary alicyclic amines) is 1. The van der Waals surface area contributed by atoms with Gasteiger partial charge >= 0.3 is 0 Å². The van der Waals surface area contributed by atoms with Gasteiger partial charge in [-0.15, -0.1) is 0 Å². The second-order valence-electron chi connectivity index (χ2n) is 7.04. The SMILES string of the molecule is COc1ccc2c(c1)[C@]13CCN(C)C(C2)[C@@H]1CCC(=O)C3. The molecule has 1 unspecified atom stereocenters. The lowest BCUT2D eigenvalue weighted by atomic mass is 9.52. The predicted molar refractivity (Wildman–Crippen MR) is 81.8 cm³/mol. The number of hydrogen-bond donors (Lipinski definition) is 0. The summed E-state index contributed by atoms with van der Waals surface area (Å²) >= 11 is 0. The number of hydrogen-bond acceptors (Lipinski definition) is 3. The van der Waals surface area contributed by atoms with Crippen LogP contribution in [0, 0.1) is 5.92 Å². The number of methoxy groups -OCH3 is 1. The molecule has 0 N–H and O–H groups in total. The maximum atomic E-state index is 12.2. The van der Waals surface area contributed by atoms with Crippen molar-refractivity contribution in [1.82, 2.24) is 4.90 Å². The molecule has 1 heterocycles. The summed E-state index contributed by atoms with van der Waals surface area (Å²) in [5.74, 6) is 2.01. The van der Waals surface area contributed by atoms with Gasteiger partial charge in [-0.25, -0.2) is 0 Å². The number of piperidine rings is 1. The first-order chi connectivity index (χ1) is 10.1. The van der Waals surface area contributed by atoms with Crippen molar-refractivity contribution in [2.45, 2.75) is 43.6 Å². The number of rotatable bonds is 1. The standard InChI is InChI=1S/C18H23NO2/c1-19-8-7-18-11-13(20)4-6-15(18)17(19)9-12-3-5-14(21-2)10-16(12)18/h3,5,10,15,17H,4,6-9,11H2,1-2H3/t15-,17?,18-/m0/s1. The van der Waals surface area contributed by atoms with Crippen molar-refractivity contribution >= 4 is 5.78 Å². The summed E-state index contributed by atoms with van der Waals surface area (Å²) in [5, 5.41) is 0. The fourth-order valence-electron chi connectivity index (χ4n) is 5.12. The summed E-state index contributed by atoms with van der Waals surface area (Å²) in [6, 6.07) is 7.10. The van der Waals surface area contributed by atoms with Crippen LogP contribution in [0.1, 0.15) is 36.8 Å². The van der Waals surface area contributed by atoms with E-state index in [1.165, 1.54) is 11.1 Å². The Morgan fingerprint density at radius 3 is 3.05 bits per heavy atom. The fraction of sp³-hybridized carbons (Fsp3) is 0.611. The van der Waals surface area contributed by atoms with Crippen LogP contribution < -0.4 is 4.74 Å². The van der Waals surface area contributed by atoms with E-state index in [4.69, 9.17) is 4.74 Å². The van der Waals surface area contributed by atoms with Crippen LogP contribution in [0.25, 0.3) is 0 Å². The van der Waals surface area contributed by atoms with Gasteiger partial charge in [-0.3, -0.25) is 4.79 Å². The first-order valence-corrected chi connectivity index (χ1v) is 8.03. The smallest absolute Gasteiger partial charge is 0.133 e. The lowest BCUT2D eigenvalue weighted by Crippen LogP contribution is -2.60. The zero-order valence-corrected chi connectivity index (χ0v) is 12.9. The van der Waals surface area contributed by atoms with Crippen LogP contribution in [0.4, 0.5) is 0 Å². The predicted octanol–water partition coefficient (Wildman–Crippen LogP) is 2.56. The molecule has 3 atom stereocenters. The third kappa shape index (κ3) is 1.80. The maximum Gasteiger partial charge on any atom is 0.133 e. The summed E-state index contributed by atoms with van der Waals surface area (Å²) in [7, 11) is 3.97. The number of Topliss-reactive ketones (excluding diaryl/α,β-unsaturated/α-hetero) is 1. The van der Waals surface area contributed by atoms with Gasteiger partial charge < -0.3 is 9.64 Å². The monoisotopic (exact) mass is 285 g/mol. The van der Waals surface area contributed by atoms with Crippen LogP contribution in [0.3, 0.4) is 0 Å². The highest BCUT2D eigenvalue weighted by Crippen LogP contribution is 2.55. The van der Waals surface area contributed by atoms with Gasteiger partial charge in [0.2, 0.25) is 0 Å². The molecule has 0 aromatic heterocycles. The summed E-state index contributed by atoms with van der Waals surface area (Å²) in [6.45, 7) is 1.10. The molecule has 1 aromatic carbocycles. The summed E-state index contributed by atoms with van der Waals surface area (Å²) in [4.78, 5) is 14.7. The third-order valence-electron chi connectivity index (χ3n) is 6.18. The molecule has 1 aromatic rings. The zero-order chi connectivity index (χ0) is 14.6. The maximum absolute atomic E-state index is 12.2. The highest BCUT2D eigenvalue weighted by molar-refractivity contribution is 5.81. The Morgan fingerprint density at radius 1 is 1.38 bits per heavy atom. The molecule has 0 amide bonds. The van der Waals surface area contributed by atoms with Crippen molar-refractivity contribution in [3.05, 3.63) is 29.3 Å². The molecule has 4 rings (SSSR count). The van der Waals surface area contributed by atoms with Crippen molar-refractivity contribution in [1.29, 1.82) is 0 Å². The largest absolute Gasteiger partial charge is 0.497 e. The van der Waals surface area contributed by atoms with E-state index in [0.717, 1.165) is 44.4 Å². The fourth-order valence-corrected chi connectivity index (χ4v) is 5.12. The van der Waals surface area contributed by atoms with E-state index < -0.39 is 0 Å². The molecule has 21 heavy (non-hydrogen) atoms. The lowest BCUT2D eigenvalue weighted by molar-refractivity contribution is -0.126. The Kier molecular flexibility index (Phi) is 2.90. The number of ketones is 1. The number of ether oxygens (including phenoxy) is 1. The molecule has 1 aliphatic heterocycles. The molecule has 3 heteroatoms. The second-order valence-corrected chi connectivity index (χ2v) is 7.04. The topological polar surface area (TPSA) is 29.5 Å².